The first kappa shape index (κ1) is 17.0. The molecule has 5 heteroatoms. The molecule has 0 aliphatic carbocycles. The van der Waals surface area contributed by atoms with Crippen LogP contribution < -0.4 is 4.74 Å². The van der Waals surface area contributed by atoms with Crippen molar-refractivity contribution in [2.24, 2.45) is 0 Å². The average Bonchev–Trinajstić information content (AvgIpc) is 2.87. The van der Waals surface area contributed by atoms with Crippen LogP contribution in [-0.2, 0) is 11.2 Å². The van der Waals surface area contributed by atoms with E-state index in [4.69, 9.17) is 4.74 Å². The van der Waals surface area contributed by atoms with E-state index in [1.165, 1.54) is 4.90 Å². The van der Waals surface area contributed by atoms with Crippen LogP contribution in [0.15, 0.2) is 54.6 Å². The first-order valence-electron chi connectivity index (χ1n) is 8.29. The predicted octanol–water partition coefficient (Wildman–Crippen LogP) is 3.26. The lowest BCUT2D eigenvalue weighted by atomic mass is 10.00. The molecule has 0 radical (unpaired) electrons. The highest BCUT2D eigenvalue weighted by molar-refractivity contribution is 5.97. The highest BCUT2D eigenvalue weighted by Crippen LogP contribution is 2.34. The number of imide groups is 1. The summed E-state index contributed by atoms with van der Waals surface area (Å²) in [5.74, 6) is 0.546. The fraction of sp³-hybridized carbons (Fsp3) is 0.300. The zero-order valence-corrected chi connectivity index (χ0v) is 14.7. The third-order valence-corrected chi connectivity index (χ3v) is 4.78. The molecule has 0 saturated carbocycles. The van der Waals surface area contributed by atoms with Crippen LogP contribution in [0, 0.1) is 0 Å². The monoisotopic (exact) mass is 338 g/mol. The summed E-state index contributed by atoms with van der Waals surface area (Å²) in [6.07, 6.45) is 0.180. The molecule has 3 rings (SSSR count). The molecule has 0 bridgehead atoms. The Kier molecular flexibility index (Phi) is 4.74. The summed E-state index contributed by atoms with van der Waals surface area (Å²) in [5.41, 5.74) is 1.82. The number of hydrogen-bond acceptors (Lipinski definition) is 3. The summed E-state index contributed by atoms with van der Waals surface area (Å²) >= 11 is 0. The number of urea groups is 1. The number of rotatable bonds is 4. The molecule has 3 amide bonds. The Balaban J connectivity index is 1.86. The summed E-state index contributed by atoms with van der Waals surface area (Å²) in [4.78, 5) is 28.6. The molecule has 25 heavy (non-hydrogen) atoms. The van der Waals surface area contributed by atoms with E-state index in [1.807, 2.05) is 61.5 Å². The maximum Gasteiger partial charge on any atom is 0.327 e. The van der Waals surface area contributed by atoms with Gasteiger partial charge >= 0.3 is 6.03 Å². The summed E-state index contributed by atoms with van der Waals surface area (Å²) in [6.45, 7) is 1.97. The van der Waals surface area contributed by atoms with Crippen LogP contribution >= 0.6 is 0 Å². The van der Waals surface area contributed by atoms with Gasteiger partial charge in [0, 0.05) is 7.05 Å². The first-order valence-corrected chi connectivity index (χ1v) is 8.29. The van der Waals surface area contributed by atoms with E-state index >= 15 is 0 Å². The summed E-state index contributed by atoms with van der Waals surface area (Å²) < 4.78 is 5.14. The number of ether oxygens (including phenoxy) is 1. The van der Waals surface area contributed by atoms with Crippen LogP contribution in [0.2, 0.25) is 0 Å². The highest BCUT2D eigenvalue weighted by Gasteiger charge is 2.45. The van der Waals surface area contributed by atoms with Gasteiger partial charge in [0.05, 0.1) is 25.6 Å². The van der Waals surface area contributed by atoms with Crippen LogP contribution in [-0.4, -0.2) is 41.9 Å². The van der Waals surface area contributed by atoms with Gasteiger partial charge in [-0.25, -0.2) is 4.79 Å². The zero-order chi connectivity index (χ0) is 18.0. The van der Waals surface area contributed by atoms with E-state index in [2.05, 4.69) is 0 Å². The zero-order valence-electron chi connectivity index (χ0n) is 14.7. The van der Waals surface area contributed by atoms with Gasteiger partial charge in [0.1, 0.15) is 5.75 Å². The third-order valence-electron chi connectivity index (χ3n) is 4.78. The second-order valence-corrected chi connectivity index (χ2v) is 6.28. The minimum atomic E-state index is -0.274. The summed E-state index contributed by atoms with van der Waals surface area (Å²) in [7, 11) is 3.34. The SMILES string of the molecule is COc1ccc(CC(=O)N2C(=O)N(C)[C@@H](C)[C@H]2c2ccccc2)cc1. The number of amides is 3. The van der Waals surface area contributed by atoms with Crippen molar-refractivity contribution in [3.8, 4) is 5.75 Å². The Morgan fingerprint density at radius 1 is 1.08 bits per heavy atom. The van der Waals surface area contributed by atoms with Crippen LogP contribution in [0.4, 0.5) is 4.79 Å². The average molecular weight is 338 g/mol. The lowest BCUT2D eigenvalue weighted by Crippen LogP contribution is -2.37. The lowest BCUT2D eigenvalue weighted by Gasteiger charge is -2.24. The number of carbonyl (C=O) groups is 2. The Bertz CT molecular complexity index is 758. The van der Waals surface area contributed by atoms with Crippen molar-refractivity contribution < 1.29 is 14.3 Å². The molecule has 0 aromatic heterocycles. The van der Waals surface area contributed by atoms with E-state index in [-0.39, 0.29) is 30.4 Å². The van der Waals surface area contributed by atoms with E-state index < -0.39 is 0 Å². The molecule has 1 aliphatic rings. The molecule has 0 unspecified atom stereocenters. The van der Waals surface area contributed by atoms with Crippen molar-refractivity contribution in [3.63, 3.8) is 0 Å². The molecule has 1 aliphatic heterocycles. The molecular weight excluding hydrogens is 316 g/mol. The van der Waals surface area contributed by atoms with E-state index in [0.717, 1.165) is 16.9 Å². The van der Waals surface area contributed by atoms with Gasteiger partial charge in [-0.15, -0.1) is 0 Å². The van der Waals surface area contributed by atoms with Gasteiger partial charge < -0.3 is 9.64 Å². The van der Waals surface area contributed by atoms with Crippen LogP contribution in [0.25, 0.3) is 0 Å². The molecule has 5 nitrogen and oxygen atoms in total. The molecule has 0 spiro atoms. The number of likely N-dealkylation sites (N-methyl/N-ethyl adjacent to an activating group) is 1. The highest BCUT2D eigenvalue weighted by atomic mass is 16.5. The van der Waals surface area contributed by atoms with Crippen molar-refractivity contribution in [1.29, 1.82) is 0 Å². The predicted molar refractivity (Wildman–Crippen MR) is 95.3 cm³/mol. The van der Waals surface area contributed by atoms with Gasteiger partial charge in [-0.3, -0.25) is 9.69 Å². The fourth-order valence-electron chi connectivity index (χ4n) is 3.23. The molecule has 2 aromatic rings. The van der Waals surface area contributed by atoms with Crippen molar-refractivity contribution >= 4 is 11.9 Å². The smallest absolute Gasteiger partial charge is 0.327 e. The van der Waals surface area contributed by atoms with Crippen molar-refractivity contribution in [3.05, 3.63) is 65.7 Å². The topological polar surface area (TPSA) is 49.9 Å². The molecule has 1 saturated heterocycles. The van der Waals surface area contributed by atoms with Crippen molar-refractivity contribution in [2.75, 3.05) is 14.2 Å². The van der Waals surface area contributed by atoms with E-state index in [1.54, 1.807) is 19.1 Å². The van der Waals surface area contributed by atoms with Gasteiger partial charge in [0.2, 0.25) is 5.91 Å². The standard InChI is InChI=1S/C20H22N2O3/c1-14-19(16-7-5-4-6-8-16)22(20(24)21(14)2)18(23)13-15-9-11-17(25-3)12-10-15/h4-12,14,19H,13H2,1-3H3/t14-,19-/m0/s1. The minimum Gasteiger partial charge on any atom is -0.497 e. The number of benzene rings is 2. The Morgan fingerprint density at radius 2 is 1.72 bits per heavy atom. The Labute approximate surface area is 147 Å². The van der Waals surface area contributed by atoms with Crippen molar-refractivity contribution in [1.82, 2.24) is 9.80 Å². The second kappa shape index (κ2) is 6.97. The van der Waals surface area contributed by atoms with Gasteiger partial charge in [0.15, 0.2) is 0 Å². The summed E-state index contributed by atoms with van der Waals surface area (Å²) in [6, 6.07) is 16.4. The quantitative estimate of drug-likeness (QED) is 0.860. The lowest BCUT2D eigenvalue weighted by molar-refractivity contribution is -0.128. The molecule has 2 atom stereocenters. The van der Waals surface area contributed by atoms with Crippen LogP contribution in [0.5, 0.6) is 5.75 Å². The van der Waals surface area contributed by atoms with Crippen LogP contribution in [0.1, 0.15) is 24.1 Å². The largest absolute Gasteiger partial charge is 0.497 e. The van der Waals surface area contributed by atoms with Gasteiger partial charge in [-0.1, -0.05) is 42.5 Å². The molecule has 1 heterocycles. The molecule has 130 valence electrons. The maximum absolute atomic E-state index is 12.9. The maximum atomic E-state index is 12.9. The molecular formula is C20H22N2O3. The third kappa shape index (κ3) is 3.22. The fourth-order valence-corrected chi connectivity index (χ4v) is 3.23. The van der Waals surface area contributed by atoms with Crippen molar-refractivity contribution in [2.45, 2.75) is 25.4 Å². The Hall–Kier alpha value is -2.82. The number of carbonyl (C=O) groups excluding carboxylic acids is 2. The number of nitrogens with zero attached hydrogens (tertiary/aromatic N) is 2. The van der Waals surface area contributed by atoms with E-state index in [9.17, 15) is 9.59 Å². The second-order valence-electron chi connectivity index (χ2n) is 6.28. The van der Waals surface area contributed by atoms with Gasteiger partial charge in [-0.2, -0.15) is 0 Å². The normalized spacial score (nSPS) is 20.0. The number of methoxy groups -OCH3 is 1. The van der Waals surface area contributed by atoms with Gasteiger partial charge in [-0.05, 0) is 30.2 Å². The minimum absolute atomic E-state index is 0.0743. The molecule has 1 fully saturated rings. The van der Waals surface area contributed by atoms with Crippen LogP contribution in [0.3, 0.4) is 0 Å². The summed E-state index contributed by atoms with van der Waals surface area (Å²) in [5, 5.41) is 0. The number of hydrogen-bond donors (Lipinski definition) is 0. The van der Waals surface area contributed by atoms with Gasteiger partial charge in [0.25, 0.3) is 0 Å². The molecule has 0 N–H and O–H groups in total. The Morgan fingerprint density at radius 3 is 2.32 bits per heavy atom. The molecule has 2 aromatic carbocycles. The van der Waals surface area contributed by atoms with E-state index in [0.29, 0.717) is 0 Å². The first-order chi connectivity index (χ1) is 12.0.